The number of rotatable bonds is 4. The van der Waals surface area contributed by atoms with Gasteiger partial charge in [-0.15, -0.1) is 0 Å². The molecule has 0 bridgehead atoms. The van der Waals surface area contributed by atoms with Crippen LogP contribution in [0, 0.1) is 0 Å². The minimum atomic E-state index is -1.22. The maximum absolute atomic E-state index is 12.3. The van der Waals surface area contributed by atoms with E-state index in [4.69, 9.17) is 9.47 Å². The van der Waals surface area contributed by atoms with E-state index in [1.165, 1.54) is 17.7 Å². The van der Waals surface area contributed by atoms with Gasteiger partial charge >= 0.3 is 5.97 Å². The largest absolute Gasteiger partial charge is 0.479 e. The zero-order valence-corrected chi connectivity index (χ0v) is 13.4. The van der Waals surface area contributed by atoms with E-state index in [1.54, 1.807) is 49.5 Å². The third-order valence-corrected chi connectivity index (χ3v) is 3.94. The van der Waals surface area contributed by atoms with Crippen LogP contribution in [-0.2, 0) is 9.53 Å². The molecule has 0 radical (unpaired) electrons. The van der Waals surface area contributed by atoms with E-state index in [0.717, 1.165) is 0 Å². The number of benzene rings is 1. The van der Waals surface area contributed by atoms with Crippen molar-refractivity contribution in [2.24, 2.45) is 0 Å². The second kappa shape index (κ2) is 5.98. The van der Waals surface area contributed by atoms with Crippen molar-refractivity contribution in [3.63, 3.8) is 0 Å². The van der Waals surface area contributed by atoms with E-state index < -0.39 is 11.6 Å². The van der Waals surface area contributed by atoms with Gasteiger partial charge in [0.05, 0.1) is 12.3 Å². The fraction of sp³-hybridized carbons (Fsp3) is 0.222. The van der Waals surface area contributed by atoms with Gasteiger partial charge in [0.15, 0.2) is 5.60 Å². The fourth-order valence-corrected chi connectivity index (χ4v) is 3.00. The molecular weight excluding hydrogens is 310 g/mol. The number of methoxy groups -OCH3 is 1. The predicted octanol–water partition coefficient (Wildman–Crippen LogP) is 1.99. The summed E-state index contributed by atoms with van der Waals surface area (Å²) in [5, 5.41) is 9.84. The summed E-state index contributed by atoms with van der Waals surface area (Å²) in [7, 11) is 1.48. The first-order valence-corrected chi connectivity index (χ1v) is 7.41. The Labute approximate surface area is 138 Å². The Hall–Kier alpha value is -2.86. The number of aliphatic carboxylic acids is 1. The van der Waals surface area contributed by atoms with Crippen LogP contribution >= 0.6 is 0 Å². The minimum Gasteiger partial charge on any atom is -0.479 e. The normalized spacial score (nSPS) is 19.6. The molecule has 1 aromatic carbocycles. The molecule has 1 N–H and O–H groups in total. The lowest BCUT2D eigenvalue weighted by atomic mass is 9.88. The van der Waals surface area contributed by atoms with Gasteiger partial charge in [-0.3, -0.25) is 9.36 Å². The molecule has 0 fully saturated rings. The number of carbonyl (C=O) groups is 1. The van der Waals surface area contributed by atoms with Gasteiger partial charge in [-0.25, -0.2) is 4.79 Å². The molecule has 1 atom stereocenters. The number of fused-ring (bicyclic) bond motifs is 1. The number of carboxylic acid groups (broad SMARTS) is 1. The lowest BCUT2D eigenvalue weighted by Gasteiger charge is -2.37. The smallest absolute Gasteiger partial charge is 0.337 e. The topological polar surface area (TPSA) is 77.8 Å². The van der Waals surface area contributed by atoms with Crippen molar-refractivity contribution in [2.45, 2.75) is 12.5 Å². The van der Waals surface area contributed by atoms with Crippen molar-refractivity contribution >= 4 is 11.7 Å². The van der Waals surface area contributed by atoms with Crippen molar-refractivity contribution in [3.05, 3.63) is 70.2 Å². The van der Waals surface area contributed by atoms with Gasteiger partial charge in [0.2, 0.25) is 0 Å². The molecule has 0 aliphatic carbocycles. The molecule has 0 spiro atoms. The van der Waals surface area contributed by atoms with Crippen LogP contribution in [-0.4, -0.2) is 35.0 Å². The van der Waals surface area contributed by atoms with Crippen molar-refractivity contribution in [3.8, 4) is 5.75 Å². The number of para-hydroxylation sites is 1. The molecule has 3 rings (SSSR count). The van der Waals surface area contributed by atoms with E-state index in [1.807, 2.05) is 0 Å². The summed E-state index contributed by atoms with van der Waals surface area (Å²) in [6, 6.07) is 11.7. The first-order chi connectivity index (χ1) is 11.5. The van der Waals surface area contributed by atoms with Crippen LogP contribution in [0.25, 0.3) is 5.70 Å². The molecule has 1 aromatic heterocycles. The molecule has 0 amide bonds. The Morgan fingerprint density at radius 1 is 1.25 bits per heavy atom. The van der Waals surface area contributed by atoms with E-state index in [2.05, 4.69) is 0 Å². The van der Waals surface area contributed by atoms with Gasteiger partial charge in [0, 0.05) is 24.9 Å². The van der Waals surface area contributed by atoms with Gasteiger partial charge in [-0.1, -0.05) is 18.2 Å². The number of pyridine rings is 1. The molecule has 2 aromatic rings. The molecule has 124 valence electrons. The van der Waals surface area contributed by atoms with Gasteiger partial charge in [0.1, 0.15) is 11.3 Å². The highest BCUT2D eigenvalue weighted by Gasteiger charge is 2.43. The van der Waals surface area contributed by atoms with Gasteiger partial charge < -0.3 is 14.6 Å². The third kappa shape index (κ3) is 2.51. The van der Waals surface area contributed by atoms with Crippen LogP contribution in [0.15, 0.2) is 59.0 Å². The second-order valence-corrected chi connectivity index (χ2v) is 5.70. The molecule has 0 saturated heterocycles. The quantitative estimate of drug-likeness (QED) is 0.929. The molecule has 6 nitrogen and oxygen atoms in total. The average Bonchev–Trinajstić information content (AvgIpc) is 2.54. The number of carboxylic acids is 1. The molecular formula is C18H17NO5. The summed E-state index contributed by atoms with van der Waals surface area (Å²) < 4.78 is 12.5. The van der Waals surface area contributed by atoms with E-state index in [-0.39, 0.29) is 17.7 Å². The lowest BCUT2D eigenvalue weighted by molar-refractivity contribution is -0.135. The van der Waals surface area contributed by atoms with Crippen LogP contribution in [0.1, 0.15) is 12.5 Å². The average molecular weight is 327 g/mol. The van der Waals surface area contributed by atoms with Gasteiger partial charge in [-0.05, 0) is 25.1 Å². The Bertz CT molecular complexity index is 883. The van der Waals surface area contributed by atoms with E-state index >= 15 is 0 Å². The highest BCUT2D eigenvalue weighted by molar-refractivity contribution is 6.00. The summed E-state index contributed by atoms with van der Waals surface area (Å²) in [5.74, 6) is -0.650. The fourth-order valence-electron chi connectivity index (χ4n) is 3.00. The lowest BCUT2D eigenvalue weighted by Crippen LogP contribution is -2.46. The zero-order chi connectivity index (χ0) is 17.3. The van der Waals surface area contributed by atoms with Gasteiger partial charge in [-0.2, -0.15) is 0 Å². The summed E-state index contributed by atoms with van der Waals surface area (Å²) in [4.78, 5) is 24.4. The molecule has 1 aliphatic rings. The summed E-state index contributed by atoms with van der Waals surface area (Å²) >= 11 is 0. The van der Waals surface area contributed by atoms with Crippen LogP contribution in [0.3, 0.4) is 0 Å². The van der Waals surface area contributed by atoms with Crippen LogP contribution in [0.2, 0.25) is 0 Å². The van der Waals surface area contributed by atoms with Crippen molar-refractivity contribution in [2.75, 3.05) is 13.7 Å². The molecule has 6 heteroatoms. The summed E-state index contributed by atoms with van der Waals surface area (Å²) in [6.07, 6.45) is 1.55. The Kier molecular flexibility index (Phi) is 3.99. The predicted molar refractivity (Wildman–Crippen MR) is 88.0 cm³/mol. The molecule has 1 aliphatic heterocycles. The molecule has 0 saturated carbocycles. The minimum absolute atomic E-state index is 0.0173. The number of hydrogen-bond donors (Lipinski definition) is 1. The van der Waals surface area contributed by atoms with Crippen molar-refractivity contribution in [1.29, 1.82) is 0 Å². The summed E-state index contributed by atoms with van der Waals surface area (Å²) in [6.45, 7) is 1.68. The number of nitrogens with zero attached hydrogens (tertiary/aromatic N) is 1. The monoisotopic (exact) mass is 327 g/mol. The molecule has 2 heterocycles. The number of ether oxygens (including phenoxy) is 2. The number of aromatic nitrogens is 1. The maximum Gasteiger partial charge on any atom is 0.337 e. The summed E-state index contributed by atoms with van der Waals surface area (Å²) in [5.41, 5.74) is -0.704. The van der Waals surface area contributed by atoms with E-state index in [0.29, 0.717) is 17.0 Å². The highest BCUT2D eigenvalue weighted by Crippen LogP contribution is 2.41. The van der Waals surface area contributed by atoms with E-state index in [9.17, 15) is 14.7 Å². The second-order valence-electron chi connectivity index (χ2n) is 5.70. The number of hydrogen-bond acceptors (Lipinski definition) is 4. The standard InChI is InChI=1S/C18H17NO5/c1-18(11-23-2)15(17(21)22)16(19-10-6-5-9-14(19)20)12-7-3-4-8-13(12)24-18/h3-10H,11H2,1-2H3,(H,21,22). The maximum atomic E-state index is 12.3. The van der Waals surface area contributed by atoms with Crippen LogP contribution in [0.4, 0.5) is 0 Å². The third-order valence-electron chi connectivity index (χ3n) is 3.94. The van der Waals surface area contributed by atoms with Crippen LogP contribution in [0.5, 0.6) is 5.75 Å². The first kappa shape index (κ1) is 16.0. The Morgan fingerprint density at radius 3 is 2.62 bits per heavy atom. The van der Waals surface area contributed by atoms with Gasteiger partial charge in [0.25, 0.3) is 5.56 Å². The SMILES string of the molecule is COCC1(C)Oc2ccccc2C(n2ccccc2=O)=C1C(=O)O. The zero-order valence-electron chi connectivity index (χ0n) is 13.4. The van der Waals surface area contributed by atoms with Crippen LogP contribution < -0.4 is 10.3 Å². The van der Waals surface area contributed by atoms with Crippen molar-refractivity contribution < 1.29 is 19.4 Å². The Morgan fingerprint density at radius 2 is 1.96 bits per heavy atom. The highest BCUT2D eigenvalue weighted by atomic mass is 16.5. The Balaban J connectivity index is 2.41. The molecule has 24 heavy (non-hydrogen) atoms. The molecule has 1 unspecified atom stereocenters. The first-order valence-electron chi connectivity index (χ1n) is 7.41. The van der Waals surface area contributed by atoms with Crippen molar-refractivity contribution in [1.82, 2.24) is 4.57 Å².